The molecule has 19 heavy (non-hydrogen) atoms. The smallest absolute Gasteiger partial charge is 0.165 e. The molecule has 4 heteroatoms. The van der Waals surface area contributed by atoms with Crippen molar-refractivity contribution in [1.82, 2.24) is 4.90 Å². The lowest BCUT2D eigenvalue weighted by Gasteiger charge is -2.34. The highest BCUT2D eigenvalue weighted by atomic mass is 35.5. The zero-order valence-corrected chi connectivity index (χ0v) is 11.9. The summed E-state index contributed by atoms with van der Waals surface area (Å²) in [6.45, 7) is 4.51. The molecule has 1 heterocycles. The number of ketones is 1. The Balaban J connectivity index is 1.86. The predicted molar refractivity (Wildman–Crippen MR) is 76.6 cm³/mol. The van der Waals surface area contributed by atoms with Crippen LogP contribution in [0.4, 0.5) is 0 Å². The summed E-state index contributed by atoms with van der Waals surface area (Å²) < 4.78 is 0. The molecule has 2 unspecified atom stereocenters. The number of rotatable bonds is 4. The van der Waals surface area contributed by atoms with Gasteiger partial charge in [0.1, 0.15) is 0 Å². The highest BCUT2D eigenvalue weighted by molar-refractivity contribution is 6.33. The number of piperidine rings is 1. The van der Waals surface area contributed by atoms with Crippen molar-refractivity contribution < 1.29 is 9.90 Å². The van der Waals surface area contributed by atoms with Crippen molar-refractivity contribution in [2.24, 2.45) is 5.92 Å². The summed E-state index contributed by atoms with van der Waals surface area (Å²) in [5, 5.41) is 10.2. The van der Waals surface area contributed by atoms with Crippen LogP contribution in [-0.4, -0.2) is 41.5 Å². The van der Waals surface area contributed by atoms with Gasteiger partial charge in [-0.25, -0.2) is 0 Å². The zero-order chi connectivity index (χ0) is 13.8. The number of carbonyl (C=O) groups is 1. The standard InChI is InChI=1S/C15H20ClNO2/c1-11-10-17(8-6-14(11)18)9-7-15(19)12-4-2-3-5-13(12)16/h2-5,11,14,18H,6-10H2,1H3. The first kappa shape index (κ1) is 14.5. The molecule has 0 spiro atoms. The fraction of sp³-hybridized carbons (Fsp3) is 0.533. The number of likely N-dealkylation sites (tertiary alicyclic amines) is 1. The third-order valence-electron chi connectivity index (χ3n) is 3.77. The van der Waals surface area contributed by atoms with Gasteiger partial charge in [0.25, 0.3) is 0 Å². The Morgan fingerprint density at radius 2 is 2.21 bits per heavy atom. The Kier molecular flexibility index (Phi) is 4.97. The number of hydrogen-bond donors (Lipinski definition) is 1. The van der Waals surface area contributed by atoms with Gasteiger partial charge in [0.2, 0.25) is 0 Å². The molecule has 2 atom stereocenters. The number of aliphatic hydroxyl groups excluding tert-OH is 1. The summed E-state index contributed by atoms with van der Waals surface area (Å²) in [4.78, 5) is 14.3. The molecule has 2 rings (SSSR count). The van der Waals surface area contributed by atoms with Gasteiger partial charge in [0.15, 0.2) is 5.78 Å². The molecule has 1 aromatic carbocycles. The number of nitrogens with zero attached hydrogens (tertiary/aromatic N) is 1. The molecule has 0 aliphatic carbocycles. The van der Waals surface area contributed by atoms with E-state index in [0.717, 1.165) is 26.1 Å². The topological polar surface area (TPSA) is 40.5 Å². The van der Waals surface area contributed by atoms with Gasteiger partial charge in [0.05, 0.1) is 11.1 Å². The molecule has 104 valence electrons. The minimum atomic E-state index is -0.199. The Morgan fingerprint density at radius 3 is 2.89 bits per heavy atom. The number of benzene rings is 1. The van der Waals surface area contributed by atoms with E-state index in [4.69, 9.17) is 11.6 Å². The van der Waals surface area contributed by atoms with Crippen LogP contribution in [0.3, 0.4) is 0 Å². The second-order valence-corrected chi connectivity index (χ2v) is 5.69. The van der Waals surface area contributed by atoms with Crippen LogP contribution in [-0.2, 0) is 0 Å². The Labute approximate surface area is 119 Å². The molecule has 1 aliphatic rings. The minimum Gasteiger partial charge on any atom is -0.393 e. The van der Waals surface area contributed by atoms with Crippen LogP contribution < -0.4 is 0 Å². The van der Waals surface area contributed by atoms with Gasteiger partial charge in [-0.2, -0.15) is 0 Å². The van der Waals surface area contributed by atoms with Crippen LogP contribution in [0.1, 0.15) is 30.1 Å². The van der Waals surface area contributed by atoms with E-state index in [-0.39, 0.29) is 17.8 Å². The van der Waals surface area contributed by atoms with Crippen molar-refractivity contribution in [3.63, 3.8) is 0 Å². The summed E-state index contributed by atoms with van der Waals surface area (Å²) in [5.41, 5.74) is 0.606. The van der Waals surface area contributed by atoms with Gasteiger partial charge in [-0.15, -0.1) is 0 Å². The summed E-state index contributed by atoms with van der Waals surface area (Å²) in [7, 11) is 0. The molecule has 1 N–H and O–H groups in total. The average Bonchev–Trinajstić information content (AvgIpc) is 2.40. The minimum absolute atomic E-state index is 0.0874. The van der Waals surface area contributed by atoms with Crippen molar-refractivity contribution >= 4 is 17.4 Å². The third kappa shape index (κ3) is 3.78. The quantitative estimate of drug-likeness (QED) is 0.863. The molecule has 1 aliphatic heterocycles. The normalized spacial score (nSPS) is 24.4. The van der Waals surface area contributed by atoms with Gasteiger partial charge in [-0.1, -0.05) is 30.7 Å². The number of carbonyl (C=O) groups excluding carboxylic acids is 1. The second-order valence-electron chi connectivity index (χ2n) is 5.29. The second kappa shape index (κ2) is 6.51. The van der Waals surface area contributed by atoms with Crippen LogP contribution in [0.5, 0.6) is 0 Å². The van der Waals surface area contributed by atoms with Gasteiger partial charge in [-0.05, 0) is 24.5 Å². The van der Waals surface area contributed by atoms with E-state index >= 15 is 0 Å². The number of hydrogen-bond acceptors (Lipinski definition) is 3. The molecular weight excluding hydrogens is 262 g/mol. The van der Waals surface area contributed by atoms with E-state index in [1.807, 2.05) is 19.1 Å². The van der Waals surface area contributed by atoms with Gasteiger partial charge < -0.3 is 10.0 Å². The molecule has 1 fully saturated rings. The van der Waals surface area contributed by atoms with Gasteiger partial charge >= 0.3 is 0 Å². The Morgan fingerprint density at radius 1 is 1.47 bits per heavy atom. The lowest BCUT2D eigenvalue weighted by molar-refractivity contribution is 0.0346. The van der Waals surface area contributed by atoms with Gasteiger partial charge in [-0.3, -0.25) is 4.79 Å². The lowest BCUT2D eigenvalue weighted by Crippen LogP contribution is -2.42. The molecule has 0 saturated carbocycles. The van der Waals surface area contributed by atoms with E-state index in [2.05, 4.69) is 4.90 Å². The van der Waals surface area contributed by atoms with E-state index < -0.39 is 0 Å². The van der Waals surface area contributed by atoms with Crippen molar-refractivity contribution in [1.29, 1.82) is 0 Å². The molecule has 1 saturated heterocycles. The van der Waals surface area contributed by atoms with E-state index in [9.17, 15) is 9.90 Å². The first-order chi connectivity index (χ1) is 9.08. The Bertz CT molecular complexity index is 450. The summed E-state index contributed by atoms with van der Waals surface area (Å²) in [6, 6.07) is 7.17. The lowest BCUT2D eigenvalue weighted by atomic mass is 9.96. The average molecular weight is 282 g/mol. The first-order valence-corrected chi connectivity index (χ1v) is 7.14. The number of Topliss-reactive ketones (excluding diaryl/α,β-unsaturated/α-hetero) is 1. The SMILES string of the molecule is CC1CN(CCC(=O)c2ccccc2Cl)CCC1O. The van der Waals surface area contributed by atoms with Crippen LogP contribution in [0.15, 0.2) is 24.3 Å². The maximum atomic E-state index is 12.1. The Hall–Kier alpha value is -0.900. The zero-order valence-electron chi connectivity index (χ0n) is 11.2. The maximum absolute atomic E-state index is 12.1. The molecular formula is C15H20ClNO2. The highest BCUT2D eigenvalue weighted by Crippen LogP contribution is 2.19. The molecule has 0 aromatic heterocycles. The van der Waals surface area contributed by atoms with Crippen LogP contribution in [0, 0.1) is 5.92 Å². The van der Waals surface area contributed by atoms with Crippen LogP contribution >= 0.6 is 11.6 Å². The van der Waals surface area contributed by atoms with E-state index in [1.165, 1.54) is 0 Å². The molecule has 0 radical (unpaired) electrons. The largest absolute Gasteiger partial charge is 0.393 e. The number of halogens is 1. The fourth-order valence-electron chi connectivity index (χ4n) is 2.50. The molecule has 3 nitrogen and oxygen atoms in total. The summed E-state index contributed by atoms with van der Waals surface area (Å²) in [5.74, 6) is 0.369. The molecule has 0 bridgehead atoms. The highest BCUT2D eigenvalue weighted by Gasteiger charge is 2.24. The fourth-order valence-corrected chi connectivity index (χ4v) is 2.75. The third-order valence-corrected chi connectivity index (χ3v) is 4.10. The van der Waals surface area contributed by atoms with Crippen molar-refractivity contribution in [3.05, 3.63) is 34.9 Å². The molecule has 1 aromatic rings. The molecule has 0 amide bonds. The van der Waals surface area contributed by atoms with Crippen LogP contribution in [0.2, 0.25) is 5.02 Å². The van der Waals surface area contributed by atoms with Crippen molar-refractivity contribution in [2.45, 2.75) is 25.9 Å². The predicted octanol–water partition coefficient (Wildman–Crippen LogP) is 2.62. The van der Waals surface area contributed by atoms with Crippen LogP contribution in [0.25, 0.3) is 0 Å². The maximum Gasteiger partial charge on any atom is 0.165 e. The summed E-state index contributed by atoms with van der Waals surface area (Å²) in [6.07, 6.45) is 1.07. The number of aliphatic hydroxyl groups is 1. The van der Waals surface area contributed by atoms with Crippen molar-refractivity contribution in [3.8, 4) is 0 Å². The van der Waals surface area contributed by atoms with E-state index in [1.54, 1.807) is 12.1 Å². The first-order valence-electron chi connectivity index (χ1n) is 6.76. The summed E-state index contributed by atoms with van der Waals surface area (Å²) >= 11 is 6.02. The van der Waals surface area contributed by atoms with Crippen molar-refractivity contribution in [2.75, 3.05) is 19.6 Å². The monoisotopic (exact) mass is 281 g/mol. The van der Waals surface area contributed by atoms with E-state index in [0.29, 0.717) is 17.0 Å². The van der Waals surface area contributed by atoms with Gasteiger partial charge in [0, 0.05) is 31.6 Å².